The highest BCUT2D eigenvalue weighted by Gasteiger charge is 2.45. The third-order valence-electron chi connectivity index (χ3n) is 5.43. The molecule has 0 aliphatic carbocycles. The SMILES string of the molecule is COc1ccc(O)c(OC)c1CNc1ncnc2c1ncn2[C@@H]1O[C@H](COP(=O)(O)O)[C@@H](O)[C@H]1O. The van der Waals surface area contributed by atoms with Crippen molar-refractivity contribution in [1.82, 2.24) is 19.5 Å². The molecule has 16 heteroatoms. The Hall–Kier alpha value is -3.04. The number of benzene rings is 1. The van der Waals surface area contributed by atoms with Crippen LogP contribution in [0.2, 0.25) is 0 Å². The Kier molecular flexibility index (Phi) is 7.10. The molecule has 0 bridgehead atoms. The number of nitrogens with one attached hydrogen (secondary N) is 1. The number of fused-ring (bicyclic) bond motifs is 1. The van der Waals surface area contributed by atoms with Crippen LogP contribution in [0, 0.1) is 0 Å². The maximum Gasteiger partial charge on any atom is 0.469 e. The van der Waals surface area contributed by atoms with Crippen LogP contribution < -0.4 is 14.8 Å². The molecule has 1 aliphatic rings. The quantitative estimate of drug-likeness (QED) is 0.206. The summed E-state index contributed by atoms with van der Waals surface area (Å²) in [5.74, 6) is 0.955. The van der Waals surface area contributed by atoms with E-state index in [0.717, 1.165) is 0 Å². The number of ether oxygens (including phenoxy) is 3. The molecule has 6 N–H and O–H groups in total. The van der Waals surface area contributed by atoms with Gasteiger partial charge in [0.05, 0.1) is 32.7 Å². The minimum absolute atomic E-state index is 0.0644. The molecule has 35 heavy (non-hydrogen) atoms. The summed E-state index contributed by atoms with van der Waals surface area (Å²) in [6.45, 7) is -0.496. The van der Waals surface area contributed by atoms with E-state index in [1.54, 1.807) is 6.07 Å². The van der Waals surface area contributed by atoms with Crippen molar-refractivity contribution in [3.63, 3.8) is 0 Å². The maximum atomic E-state index is 11.0. The Morgan fingerprint density at radius 2 is 1.91 bits per heavy atom. The topological polar surface area (TPSA) is 211 Å². The number of methoxy groups -OCH3 is 2. The number of phosphoric ester groups is 1. The van der Waals surface area contributed by atoms with Crippen LogP contribution in [-0.2, 0) is 20.4 Å². The van der Waals surface area contributed by atoms with Crippen LogP contribution in [0.15, 0.2) is 24.8 Å². The van der Waals surface area contributed by atoms with Gasteiger partial charge in [-0.2, -0.15) is 0 Å². The van der Waals surface area contributed by atoms with Crippen LogP contribution in [0.1, 0.15) is 11.8 Å². The summed E-state index contributed by atoms with van der Waals surface area (Å²) in [7, 11) is -1.89. The highest BCUT2D eigenvalue weighted by Crippen LogP contribution is 2.39. The van der Waals surface area contributed by atoms with Crippen LogP contribution in [0.3, 0.4) is 0 Å². The van der Waals surface area contributed by atoms with Crippen LogP contribution in [0.5, 0.6) is 17.2 Å². The van der Waals surface area contributed by atoms with Gasteiger partial charge in [-0.15, -0.1) is 0 Å². The lowest BCUT2D eigenvalue weighted by Gasteiger charge is -2.17. The molecule has 1 fully saturated rings. The van der Waals surface area contributed by atoms with Gasteiger partial charge in [-0.05, 0) is 12.1 Å². The lowest BCUT2D eigenvalue weighted by Crippen LogP contribution is -2.33. The predicted octanol–water partition coefficient (Wildman–Crippen LogP) is -0.110. The number of hydrogen-bond acceptors (Lipinski definition) is 12. The van der Waals surface area contributed by atoms with Gasteiger partial charge in [0.25, 0.3) is 0 Å². The molecule has 4 rings (SSSR count). The van der Waals surface area contributed by atoms with Crippen molar-refractivity contribution in [3.8, 4) is 17.2 Å². The molecule has 0 spiro atoms. The molecule has 3 heterocycles. The standard InChI is InChI=1S/C19H24N5O10P/c1-31-11-4-3-10(25)16(32-2)9(11)5-20-17-13-18(22-7-21-17)24(8-23-13)19-15(27)14(26)12(34-19)6-33-35(28,29)30/h3-4,7-8,12,14-15,19,25-27H,5-6H2,1-2H3,(H,20,21,22)(H2,28,29,30)/t12-,14-,15-,19-/m1/s1. The van der Waals surface area contributed by atoms with Gasteiger partial charge < -0.3 is 44.6 Å². The van der Waals surface area contributed by atoms with E-state index in [0.29, 0.717) is 22.6 Å². The fourth-order valence-electron chi connectivity index (χ4n) is 3.79. The molecule has 4 atom stereocenters. The monoisotopic (exact) mass is 513 g/mol. The van der Waals surface area contributed by atoms with E-state index < -0.39 is 39.0 Å². The van der Waals surface area contributed by atoms with E-state index in [1.165, 1.54) is 37.5 Å². The molecule has 2 aromatic heterocycles. The third-order valence-corrected chi connectivity index (χ3v) is 5.92. The first-order chi connectivity index (χ1) is 16.6. The Morgan fingerprint density at radius 3 is 2.60 bits per heavy atom. The molecular formula is C19H24N5O10P. The Balaban J connectivity index is 1.58. The van der Waals surface area contributed by atoms with Gasteiger partial charge >= 0.3 is 7.82 Å². The Bertz CT molecular complexity index is 1250. The van der Waals surface area contributed by atoms with Crippen LogP contribution in [-0.4, -0.2) is 83.8 Å². The molecule has 0 unspecified atom stereocenters. The molecule has 3 aromatic rings. The van der Waals surface area contributed by atoms with Gasteiger partial charge in [0.15, 0.2) is 34.7 Å². The molecule has 0 saturated carbocycles. The minimum Gasteiger partial charge on any atom is -0.504 e. The van der Waals surface area contributed by atoms with E-state index in [4.69, 9.17) is 24.0 Å². The number of phenolic OH excluding ortho intramolecular Hbond substituents is 1. The number of aliphatic hydroxyl groups is 2. The van der Waals surface area contributed by atoms with Crippen LogP contribution in [0.25, 0.3) is 11.2 Å². The molecule has 190 valence electrons. The number of aromatic nitrogens is 4. The van der Waals surface area contributed by atoms with Gasteiger partial charge in [-0.3, -0.25) is 9.09 Å². The molecular weight excluding hydrogens is 489 g/mol. The summed E-state index contributed by atoms with van der Waals surface area (Å²) >= 11 is 0. The summed E-state index contributed by atoms with van der Waals surface area (Å²) in [5, 5.41) is 33.9. The molecule has 15 nitrogen and oxygen atoms in total. The van der Waals surface area contributed by atoms with E-state index >= 15 is 0 Å². The van der Waals surface area contributed by atoms with Crippen molar-refractivity contribution < 1.29 is 48.4 Å². The number of aromatic hydroxyl groups is 1. The second kappa shape index (κ2) is 9.91. The Labute approximate surface area is 198 Å². The van der Waals surface area contributed by atoms with Crippen molar-refractivity contribution in [3.05, 3.63) is 30.4 Å². The number of hydrogen-bond donors (Lipinski definition) is 6. The van der Waals surface area contributed by atoms with Gasteiger partial charge in [-0.25, -0.2) is 19.5 Å². The fraction of sp³-hybridized carbons (Fsp3) is 0.421. The Morgan fingerprint density at radius 1 is 1.14 bits per heavy atom. The highest BCUT2D eigenvalue weighted by molar-refractivity contribution is 7.46. The van der Waals surface area contributed by atoms with Crippen molar-refractivity contribution >= 4 is 24.8 Å². The zero-order valence-corrected chi connectivity index (χ0v) is 19.4. The smallest absolute Gasteiger partial charge is 0.469 e. The summed E-state index contributed by atoms with van der Waals surface area (Å²) in [4.78, 5) is 30.4. The third kappa shape index (κ3) is 5.01. The van der Waals surface area contributed by atoms with Gasteiger partial charge in [0.2, 0.25) is 0 Å². The van der Waals surface area contributed by atoms with E-state index in [1.807, 2.05) is 0 Å². The normalized spacial score (nSPS) is 22.5. The van der Waals surface area contributed by atoms with Crippen molar-refractivity contribution in [2.75, 3.05) is 26.1 Å². The molecule has 1 aromatic carbocycles. The molecule has 1 aliphatic heterocycles. The number of aliphatic hydroxyl groups excluding tert-OH is 2. The fourth-order valence-corrected chi connectivity index (χ4v) is 4.13. The summed E-state index contributed by atoms with van der Waals surface area (Å²) in [6, 6.07) is 3.04. The van der Waals surface area contributed by atoms with Crippen LogP contribution in [0.4, 0.5) is 5.82 Å². The molecule has 1 saturated heterocycles. The predicted molar refractivity (Wildman–Crippen MR) is 118 cm³/mol. The van der Waals surface area contributed by atoms with Crippen LogP contribution >= 0.6 is 7.82 Å². The molecule has 0 radical (unpaired) electrons. The van der Waals surface area contributed by atoms with E-state index in [9.17, 15) is 19.9 Å². The van der Waals surface area contributed by atoms with Gasteiger partial charge in [0, 0.05) is 6.54 Å². The van der Waals surface area contributed by atoms with E-state index in [2.05, 4.69) is 24.8 Å². The largest absolute Gasteiger partial charge is 0.504 e. The number of rotatable bonds is 9. The number of anilines is 1. The van der Waals surface area contributed by atoms with Gasteiger partial charge in [-0.1, -0.05) is 0 Å². The maximum absolute atomic E-state index is 11.0. The van der Waals surface area contributed by atoms with Crippen molar-refractivity contribution in [2.45, 2.75) is 31.1 Å². The molecule has 0 amide bonds. The number of phenols is 1. The highest BCUT2D eigenvalue weighted by atomic mass is 31.2. The van der Waals surface area contributed by atoms with Crippen molar-refractivity contribution in [2.24, 2.45) is 0 Å². The first-order valence-corrected chi connectivity index (χ1v) is 11.7. The second-order valence-corrected chi connectivity index (χ2v) is 8.77. The summed E-state index contributed by atoms with van der Waals surface area (Å²) < 4.78 is 33.0. The lowest BCUT2D eigenvalue weighted by atomic mass is 10.1. The van der Waals surface area contributed by atoms with Gasteiger partial charge in [0.1, 0.15) is 30.4 Å². The zero-order chi connectivity index (χ0) is 25.3. The number of imidazole rings is 1. The minimum atomic E-state index is -4.79. The summed E-state index contributed by atoms with van der Waals surface area (Å²) in [6.07, 6.45) is -2.71. The number of nitrogens with zero attached hydrogens (tertiary/aromatic N) is 4. The van der Waals surface area contributed by atoms with Crippen molar-refractivity contribution in [1.29, 1.82) is 0 Å². The van der Waals surface area contributed by atoms with E-state index in [-0.39, 0.29) is 23.7 Å². The lowest BCUT2D eigenvalue weighted by molar-refractivity contribution is -0.0504. The first kappa shape index (κ1) is 25.1. The average Bonchev–Trinajstić information content (AvgIpc) is 3.37. The summed E-state index contributed by atoms with van der Waals surface area (Å²) in [5.41, 5.74) is 1.10. The zero-order valence-electron chi connectivity index (χ0n) is 18.5. The number of phosphoric acid groups is 1. The first-order valence-electron chi connectivity index (χ1n) is 10.2. The average molecular weight is 513 g/mol. The second-order valence-electron chi connectivity index (χ2n) is 7.53.